The lowest BCUT2D eigenvalue weighted by Gasteiger charge is -2.08. The van der Waals surface area contributed by atoms with E-state index in [1.807, 2.05) is 6.08 Å². The molecule has 0 aliphatic carbocycles. The van der Waals surface area contributed by atoms with E-state index in [0.717, 1.165) is 6.42 Å². The molecule has 0 spiro atoms. The Morgan fingerprint density at radius 2 is 1.65 bits per heavy atom. The molecule has 17 heavy (non-hydrogen) atoms. The molecular formula is C17H18. The summed E-state index contributed by atoms with van der Waals surface area (Å²) in [6.45, 7) is 8.17. The van der Waals surface area contributed by atoms with Gasteiger partial charge in [-0.1, -0.05) is 61.5 Å². The summed E-state index contributed by atoms with van der Waals surface area (Å²) in [4.78, 5) is 0. The van der Waals surface area contributed by atoms with Gasteiger partial charge in [-0.2, -0.15) is 0 Å². The van der Waals surface area contributed by atoms with Gasteiger partial charge in [-0.25, -0.2) is 0 Å². The van der Waals surface area contributed by atoms with Crippen LogP contribution in [0.25, 0.3) is 17.2 Å². The van der Waals surface area contributed by atoms with Crippen LogP contribution in [-0.4, -0.2) is 0 Å². The lowest BCUT2D eigenvalue weighted by atomic mass is 9.97. The SMILES string of the molecule is C=Cc1cc(-c2ccc(C)cc2)ccc1CC. The lowest BCUT2D eigenvalue weighted by molar-refractivity contribution is 1.13. The van der Waals surface area contributed by atoms with Crippen LogP contribution < -0.4 is 0 Å². The maximum absolute atomic E-state index is 3.89. The Hall–Kier alpha value is -1.82. The summed E-state index contributed by atoms with van der Waals surface area (Å²) in [5.41, 5.74) is 6.42. The zero-order chi connectivity index (χ0) is 12.3. The van der Waals surface area contributed by atoms with Crippen molar-refractivity contribution in [3.05, 3.63) is 65.7 Å². The molecule has 0 amide bonds. The highest BCUT2D eigenvalue weighted by molar-refractivity contribution is 5.68. The number of hydrogen-bond acceptors (Lipinski definition) is 0. The summed E-state index contributed by atoms with van der Waals surface area (Å²) in [6.07, 6.45) is 2.99. The average Bonchev–Trinajstić information content (AvgIpc) is 2.39. The number of rotatable bonds is 3. The van der Waals surface area contributed by atoms with Gasteiger partial charge in [0.2, 0.25) is 0 Å². The first kappa shape index (κ1) is 11.7. The zero-order valence-electron chi connectivity index (χ0n) is 10.5. The summed E-state index contributed by atoms with van der Waals surface area (Å²) in [5.74, 6) is 0. The van der Waals surface area contributed by atoms with E-state index in [9.17, 15) is 0 Å². The van der Waals surface area contributed by atoms with Gasteiger partial charge < -0.3 is 0 Å². The van der Waals surface area contributed by atoms with E-state index in [0.29, 0.717) is 0 Å². The van der Waals surface area contributed by atoms with Crippen LogP contribution in [0.5, 0.6) is 0 Å². The molecule has 0 aliphatic heterocycles. The second-order valence-corrected chi connectivity index (χ2v) is 4.34. The molecular weight excluding hydrogens is 204 g/mol. The summed E-state index contributed by atoms with van der Waals surface area (Å²) < 4.78 is 0. The molecule has 0 aromatic heterocycles. The maximum Gasteiger partial charge on any atom is -0.0178 e. The molecule has 0 radical (unpaired) electrons. The third-order valence-corrected chi connectivity index (χ3v) is 3.13. The van der Waals surface area contributed by atoms with Gasteiger partial charge in [0, 0.05) is 0 Å². The van der Waals surface area contributed by atoms with E-state index in [1.54, 1.807) is 0 Å². The Labute approximate surface area is 104 Å². The monoisotopic (exact) mass is 222 g/mol. The Morgan fingerprint density at radius 1 is 1.00 bits per heavy atom. The first-order valence-electron chi connectivity index (χ1n) is 6.07. The van der Waals surface area contributed by atoms with E-state index in [4.69, 9.17) is 0 Å². The van der Waals surface area contributed by atoms with Crippen LogP contribution in [0.3, 0.4) is 0 Å². The summed E-state index contributed by atoms with van der Waals surface area (Å²) in [5, 5.41) is 0. The molecule has 0 nitrogen and oxygen atoms in total. The highest BCUT2D eigenvalue weighted by Gasteiger charge is 2.01. The molecule has 2 aromatic rings. The minimum Gasteiger partial charge on any atom is -0.0985 e. The van der Waals surface area contributed by atoms with Crippen LogP contribution in [0, 0.1) is 6.92 Å². The van der Waals surface area contributed by atoms with Crippen molar-refractivity contribution >= 4 is 6.08 Å². The maximum atomic E-state index is 3.89. The summed E-state index contributed by atoms with van der Waals surface area (Å²) >= 11 is 0. The molecule has 0 heteroatoms. The van der Waals surface area contributed by atoms with Crippen molar-refractivity contribution in [3.63, 3.8) is 0 Å². The third-order valence-electron chi connectivity index (χ3n) is 3.13. The number of benzene rings is 2. The molecule has 0 N–H and O–H groups in total. The van der Waals surface area contributed by atoms with Gasteiger partial charge in [-0.15, -0.1) is 0 Å². The molecule has 0 saturated heterocycles. The fourth-order valence-electron chi connectivity index (χ4n) is 2.03. The smallest absolute Gasteiger partial charge is 0.0178 e. The Morgan fingerprint density at radius 3 is 2.24 bits per heavy atom. The van der Waals surface area contributed by atoms with Crippen molar-refractivity contribution in [2.24, 2.45) is 0 Å². The van der Waals surface area contributed by atoms with Crippen LogP contribution in [0.15, 0.2) is 49.0 Å². The first-order chi connectivity index (χ1) is 8.24. The van der Waals surface area contributed by atoms with E-state index in [1.165, 1.54) is 27.8 Å². The third kappa shape index (κ3) is 2.47. The minimum absolute atomic E-state index is 1.05. The molecule has 0 aliphatic rings. The van der Waals surface area contributed by atoms with Gasteiger partial charge in [0.15, 0.2) is 0 Å². The highest BCUT2D eigenvalue weighted by Crippen LogP contribution is 2.24. The highest BCUT2D eigenvalue weighted by atomic mass is 14.1. The van der Waals surface area contributed by atoms with Gasteiger partial charge >= 0.3 is 0 Å². The normalized spacial score (nSPS) is 10.2. The Bertz CT molecular complexity index is 518. The van der Waals surface area contributed by atoms with E-state index < -0.39 is 0 Å². The minimum atomic E-state index is 1.05. The van der Waals surface area contributed by atoms with Gasteiger partial charge in [-0.05, 0) is 41.7 Å². The van der Waals surface area contributed by atoms with Crippen LogP contribution >= 0.6 is 0 Å². The molecule has 86 valence electrons. The second-order valence-electron chi connectivity index (χ2n) is 4.34. The fraction of sp³-hybridized carbons (Fsp3) is 0.176. The van der Waals surface area contributed by atoms with Gasteiger partial charge in [0.1, 0.15) is 0 Å². The van der Waals surface area contributed by atoms with Crippen molar-refractivity contribution in [2.45, 2.75) is 20.3 Å². The number of aryl methyl sites for hydroxylation is 2. The lowest BCUT2D eigenvalue weighted by Crippen LogP contribution is -1.87. The Balaban J connectivity index is 2.46. The molecule has 0 fully saturated rings. The van der Waals surface area contributed by atoms with Crippen LogP contribution in [0.4, 0.5) is 0 Å². The zero-order valence-corrected chi connectivity index (χ0v) is 10.5. The van der Waals surface area contributed by atoms with Crippen molar-refractivity contribution in [1.29, 1.82) is 0 Å². The predicted molar refractivity (Wildman–Crippen MR) is 76.1 cm³/mol. The summed E-state index contributed by atoms with van der Waals surface area (Å²) in [6, 6.07) is 15.2. The fourth-order valence-corrected chi connectivity index (χ4v) is 2.03. The van der Waals surface area contributed by atoms with E-state index >= 15 is 0 Å². The first-order valence-corrected chi connectivity index (χ1v) is 6.07. The van der Waals surface area contributed by atoms with Gasteiger partial charge in [-0.3, -0.25) is 0 Å². The quantitative estimate of drug-likeness (QED) is 0.695. The van der Waals surface area contributed by atoms with Gasteiger partial charge in [0.25, 0.3) is 0 Å². The van der Waals surface area contributed by atoms with Crippen molar-refractivity contribution in [3.8, 4) is 11.1 Å². The van der Waals surface area contributed by atoms with Crippen molar-refractivity contribution in [2.75, 3.05) is 0 Å². The molecule has 2 aromatic carbocycles. The second kappa shape index (κ2) is 5.01. The molecule has 0 heterocycles. The summed E-state index contributed by atoms with van der Waals surface area (Å²) in [7, 11) is 0. The predicted octanol–water partition coefficient (Wildman–Crippen LogP) is 4.87. The molecule has 0 unspecified atom stereocenters. The molecule has 0 atom stereocenters. The Kier molecular flexibility index (Phi) is 3.43. The van der Waals surface area contributed by atoms with Crippen molar-refractivity contribution in [1.82, 2.24) is 0 Å². The standard InChI is InChI=1S/C17H18/c1-4-14-10-11-17(12-15(14)5-2)16-8-6-13(3)7-9-16/h5-12H,2,4H2,1,3H3. The van der Waals surface area contributed by atoms with Crippen LogP contribution in [0.1, 0.15) is 23.6 Å². The van der Waals surface area contributed by atoms with Crippen molar-refractivity contribution < 1.29 is 0 Å². The van der Waals surface area contributed by atoms with Gasteiger partial charge in [0.05, 0.1) is 0 Å². The largest absolute Gasteiger partial charge is 0.0985 e. The average molecular weight is 222 g/mol. The molecule has 0 bridgehead atoms. The van der Waals surface area contributed by atoms with Crippen LogP contribution in [0.2, 0.25) is 0 Å². The van der Waals surface area contributed by atoms with E-state index in [-0.39, 0.29) is 0 Å². The van der Waals surface area contributed by atoms with Crippen LogP contribution in [-0.2, 0) is 6.42 Å². The molecule has 2 rings (SSSR count). The molecule has 0 saturated carbocycles. The van der Waals surface area contributed by atoms with E-state index in [2.05, 4.69) is 62.9 Å². The number of hydrogen-bond donors (Lipinski definition) is 0. The topological polar surface area (TPSA) is 0 Å².